The summed E-state index contributed by atoms with van der Waals surface area (Å²) in [4.78, 5) is 27.2. The van der Waals surface area contributed by atoms with E-state index in [1.807, 2.05) is 66.8 Å². The van der Waals surface area contributed by atoms with Gasteiger partial charge >= 0.3 is 6.03 Å². The Morgan fingerprint density at radius 2 is 1.84 bits per heavy atom. The number of amides is 3. The van der Waals surface area contributed by atoms with Gasteiger partial charge in [0.2, 0.25) is 11.1 Å². The number of carbonyl (C=O) groups is 2. The predicted octanol–water partition coefficient (Wildman–Crippen LogP) is 2.47. The standard InChI is InChI=1S/C21H19N7O2S/c1-12-6-8-13(9-7-12)17-10-15(14-4-2-3-5-16(14)24-17)19-26-27-21(28(19)23)31-11-18(29)25-20(22)30/h2-10H,11,23H2,1H3,(H3,22,25,29,30). The predicted molar refractivity (Wildman–Crippen MR) is 120 cm³/mol. The van der Waals surface area contributed by atoms with E-state index in [1.165, 1.54) is 4.68 Å². The Morgan fingerprint density at radius 1 is 1.10 bits per heavy atom. The highest BCUT2D eigenvalue weighted by Crippen LogP contribution is 2.32. The number of hydrogen-bond acceptors (Lipinski definition) is 7. The van der Waals surface area contributed by atoms with E-state index in [1.54, 1.807) is 0 Å². The van der Waals surface area contributed by atoms with Crippen LogP contribution in [0.2, 0.25) is 0 Å². The second-order valence-corrected chi connectivity index (χ2v) is 7.76. The number of nitrogen functional groups attached to an aromatic ring is 1. The highest BCUT2D eigenvalue weighted by atomic mass is 32.2. The lowest BCUT2D eigenvalue weighted by atomic mass is 10.0. The van der Waals surface area contributed by atoms with E-state index in [-0.39, 0.29) is 5.75 Å². The molecule has 4 aromatic rings. The molecule has 9 nitrogen and oxygen atoms in total. The second-order valence-electron chi connectivity index (χ2n) is 6.82. The van der Waals surface area contributed by atoms with Gasteiger partial charge < -0.3 is 11.6 Å². The molecule has 0 aliphatic heterocycles. The third-order valence-electron chi connectivity index (χ3n) is 4.56. The fourth-order valence-electron chi connectivity index (χ4n) is 3.10. The molecular weight excluding hydrogens is 414 g/mol. The molecule has 0 saturated carbocycles. The summed E-state index contributed by atoms with van der Waals surface area (Å²) in [6, 6.07) is 16.8. The van der Waals surface area contributed by atoms with Crippen LogP contribution >= 0.6 is 11.8 Å². The molecule has 0 atom stereocenters. The number of nitrogens with two attached hydrogens (primary N) is 2. The van der Waals surface area contributed by atoms with Crippen LogP contribution in [-0.4, -0.2) is 37.5 Å². The van der Waals surface area contributed by atoms with Gasteiger partial charge in [0, 0.05) is 16.5 Å². The minimum atomic E-state index is -0.910. The van der Waals surface area contributed by atoms with Crippen molar-refractivity contribution in [3.63, 3.8) is 0 Å². The molecule has 0 aliphatic rings. The van der Waals surface area contributed by atoms with Crippen LogP contribution in [0.25, 0.3) is 33.5 Å². The number of urea groups is 1. The molecular formula is C21H19N7O2S. The molecule has 2 heterocycles. The van der Waals surface area contributed by atoms with Crippen molar-refractivity contribution in [1.29, 1.82) is 0 Å². The quantitative estimate of drug-likeness (QED) is 0.324. The van der Waals surface area contributed by atoms with Crippen molar-refractivity contribution in [2.75, 3.05) is 11.6 Å². The molecule has 10 heteroatoms. The van der Waals surface area contributed by atoms with Crippen LogP contribution in [0.15, 0.2) is 59.8 Å². The fourth-order valence-corrected chi connectivity index (χ4v) is 3.75. The first kappa shape index (κ1) is 20.4. The minimum absolute atomic E-state index is 0.0794. The zero-order chi connectivity index (χ0) is 22.0. The Hall–Kier alpha value is -3.92. The van der Waals surface area contributed by atoms with Crippen LogP contribution in [-0.2, 0) is 4.79 Å². The molecule has 0 bridgehead atoms. The summed E-state index contributed by atoms with van der Waals surface area (Å²) in [7, 11) is 0. The maximum absolute atomic E-state index is 11.7. The lowest BCUT2D eigenvalue weighted by Gasteiger charge is -2.10. The Kier molecular flexibility index (Phi) is 5.54. The molecule has 5 N–H and O–H groups in total. The number of rotatable bonds is 5. The van der Waals surface area contributed by atoms with Crippen LogP contribution < -0.4 is 16.9 Å². The first-order valence-corrected chi connectivity index (χ1v) is 10.3. The van der Waals surface area contributed by atoms with Gasteiger partial charge in [-0.1, -0.05) is 59.8 Å². The zero-order valence-electron chi connectivity index (χ0n) is 16.6. The minimum Gasteiger partial charge on any atom is -0.351 e. The third kappa shape index (κ3) is 4.33. The van der Waals surface area contributed by atoms with E-state index in [0.29, 0.717) is 11.0 Å². The Bertz CT molecular complexity index is 1280. The average Bonchev–Trinajstić information content (AvgIpc) is 3.11. The van der Waals surface area contributed by atoms with Gasteiger partial charge in [-0.05, 0) is 19.1 Å². The van der Waals surface area contributed by atoms with Crippen molar-refractivity contribution < 1.29 is 9.59 Å². The number of aryl methyl sites for hydroxylation is 1. The molecule has 0 radical (unpaired) electrons. The van der Waals surface area contributed by atoms with Gasteiger partial charge in [-0.15, -0.1) is 10.2 Å². The number of thioether (sulfide) groups is 1. The summed E-state index contributed by atoms with van der Waals surface area (Å²) in [5.41, 5.74) is 9.43. The molecule has 2 aromatic carbocycles. The largest absolute Gasteiger partial charge is 0.351 e. The van der Waals surface area contributed by atoms with E-state index in [4.69, 9.17) is 16.6 Å². The van der Waals surface area contributed by atoms with E-state index >= 15 is 0 Å². The van der Waals surface area contributed by atoms with E-state index < -0.39 is 11.9 Å². The number of carbonyl (C=O) groups excluding carboxylic acids is 2. The van der Waals surface area contributed by atoms with E-state index in [2.05, 4.69) is 10.2 Å². The molecule has 0 fully saturated rings. The van der Waals surface area contributed by atoms with Gasteiger partial charge in [0.15, 0.2) is 5.82 Å². The topological polar surface area (TPSA) is 142 Å². The molecule has 0 saturated heterocycles. The van der Waals surface area contributed by atoms with Crippen LogP contribution in [0.5, 0.6) is 0 Å². The van der Waals surface area contributed by atoms with Crippen molar-refractivity contribution in [1.82, 2.24) is 25.2 Å². The summed E-state index contributed by atoms with van der Waals surface area (Å²) in [5, 5.41) is 11.5. The molecule has 0 spiro atoms. The van der Waals surface area contributed by atoms with Crippen molar-refractivity contribution in [3.05, 3.63) is 60.2 Å². The number of aromatic nitrogens is 4. The van der Waals surface area contributed by atoms with E-state index in [9.17, 15) is 9.59 Å². The normalized spacial score (nSPS) is 10.9. The van der Waals surface area contributed by atoms with Crippen molar-refractivity contribution in [2.45, 2.75) is 12.1 Å². The molecule has 4 rings (SSSR count). The summed E-state index contributed by atoms with van der Waals surface area (Å²) in [5.74, 6) is 6.06. The van der Waals surface area contributed by atoms with Crippen molar-refractivity contribution in [2.24, 2.45) is 5.73 Å². The number of nitrogens with zero attached hydrogens (tertiary/aromatic N) is 4. The van der Waals surface area contributed by atoms with Crippen molar-refractivity contribution in [3.8, 4) is 22.6 Å². The van der Waals surface area contributed by atoms with Gasteiger partial charge in [-0.3, -0.25) is 10.1 Å². The SMILES string of the molecule is Cc1ccc(-c2cc(-c3nnc(SCC(=O)NC(N)=O)n3N)c3ccccc3n2)cc1. The number of fused-ring (bicyclic) bond motifs is 1. The lowest BCUT2D eigenvalue weighted by Crippen LogP contribution is -2.36. The monoisotopic (exact) mass is 433 g/mol. The van der Waals surface area contributed by atoms with Gasteiger partial charge in [0.1, 0.15) is 0 Å². The third-order valence-corrected chi connectivity index (χ3v) is 5.51. The molecule has 0 aliphatic carbocycles. The van der Waals surface area contributed by atoms with Gasteiger partial charge in [-0.2, -0.15) is 0 Å². The molecule has 156 valence electrons. The van der Waals surface area contributed by atoms with Crippen LogP contribution in [0.4, 0.5) is 4.79 Å². The number of imide groups is 1. The number of pyridine rings is 1. The fraction of sp³-hybridized carbons (Fsp3) is 0.0952. The van der Waals surface area contributed by atoms with Crippen molar-refractivity contribution >= 4 is 34.6 Å². The van der Waals surface area contributed by atoms with E-state index in [0.717, 1.165) is 45.0 Å². The summed E-state index contributed by atoms with van der Waals surface area (Å²) < 4.78 is 1.32. The molecule has 31 heavy (non-hydrogen) atoms. The van der Waals surface area contributed by atoms with Crippen LogP contribution in [0.1, 0.15) is 5.56 Å². The first-order chi connectivity index (χ1) is 14.9. The second kappa shape index (κ2) is 8.44. The maximum Gasteiger partial charge on any atom is 0.318 e. The Morgan fingerprint density at radius 3 is 2.58 bits per heavy atom. The maximum atomic E-state index is 11.7. The highest BCUT2D eigenvalue weighted by Gasteiger charge is 2.18. The van der Waals surface area contributed by atoms with Gasteiger partial charge in [0.25, 0.3) is 0 Å². The summed E-state index contributed by atoms with van der Waals surface area (Å²) in [6.07, 6.45) is 0. The van der Waals surface area contributed by atoms with Gasteiger partial charge in [0.05, 0.1) is 17.0 Å². The number of hydrogen-bond donors (Lipinski definition) is 3. The lowest BCUT2D eigenvalue weighted by molar-refractivity contribution is -0.117. The summed E-state index contributed by atoms with van der Waals surface area (Å²) in [6.45, 7) is 2.03. The zero-order valence-corrected chi connectivity index (χ0v) is 17.4. The number of para-hydroxylation sites is 1. The number of nitrogens with one attached hydrogen (secondary N) is 1. The summed E-state index contributed by atoms with van der Waals surface area (Å²) >= 11 is 1.05. The number of benzene rings is 2. The molecule has 2 aromatic heterocycles. The Labute approximate surface area is 181 Å². The molecule has 0 unspecified atom stereocenters. The highest BCUT2D eigenvalue weighted by molar-refractivity contribution is 7.99. The number of primary amides is 1. The van der Waals surface area contributed by atoms with Gasteiger partial charge in [-0.25, -0.2) is 14.5 Å². The smallest absolute Gasteiger partial charge is 0.318 e. The average molecular weight is 433 g/mol. The van der Waals surface area contributed by atoms with Crippen LogP contribution in [0.3, 0.4) is 0 Å². The van der Waals surface area contributed by atoms with Crippen LogP contribution in [0, 0.1) is 6.92 Å². The molecule has 3 amide bonds. The Balaban J connectivity index is 1.74. The first-order valence-electron chi connectivity index (χ1n) is 9.32.